The fraction of sp³-hybridized carbons (Fsp3) is 0.250. The van der Waals surface area contributed by atoms with Crippen molar-refractivity contribution in [3.63, 3.8) is 0 Å². The summed E-state index contributed by atoms with van der Waals surface area (Å²) >= 11 is 3.68. The summed E-state index contributed by atoms with van der Waals surface area (Å²) in [7, 11) is 0. The third kappa shape index (κ3) is 2.28. The maximum absolute atomic E-state index is 5.93. The fourth-order valence-electron chi connectivity index (χ4n) is 2.61. The van der Waals surface area contributed by atoms with Crippen molar-refractivity contribution in [3.8, 4) is 0 Å². The monoisotopic (exact) mass is 316 g/mol. The van der Waals surface area contributed by atoms with Crippen molar-refractivity contribution in [2.45, 2.75) is 19.4 Å². The van der Waals surface area contributed by atoms with Crippen molar-refractivity contribution >= 4 is 27.3 Å². The Morgan fingerprint density at radius 3 is 2.68 bits per heavy atom. The van der Waals surface area contributed by atoms with E-state index in [2.05, 4.69) is 63.3 Å². The summed E-state index contributed by atoms with van der Waals surface area (Å²) in [6.45, 7) is 3.04. The minimum Gasteiger partial charge on any atom is -0.340 e. The highest BCUT2D eigenvalue weighted by Crippen LogP contribution is 2.38. The normalized spacial score (nSPS) is 15.4. The lowest BCUT2D eigenvalue weighted by molar-refractivity contribution is 0.817. The Morgan fingerprint density at radius 1 is 1.16 bits per heavy atom. The number of benzene rings is 2. The predicted octanol–water partition coefficient (Wildman–Crippen LogP) is 4.16. The molecule has 0 spiro atoms. The van der Waals surface area contributed by atoms with E-state index in [1.54, 1.807) is 0 Å². The molecule has 0 amide bonds. The van der Waals surface area contributed by atoms with Gasteiger partial charge in [0.1, 0.15) is 0 Å². The molecule has 3 heteroatoms. The fourth-order valence-corrected chi connectivity index (χ4v) is 3.22. The number of para-hydroxylation sites is 1. The van der Waals surface area contributed by atoms with Gasteiger partial charge in [0.2, 0.25) is 0 Å². The summed E-state index contributed by atoms with van der Waals surface area (Å²) in [5.74, 6) is 0. The predicted molar refractivity (Wildman–Crippen MR) is 83.9 cm³/mol. The van der Waals surface area contributed by atoms with Crippen LogP contribution in [0, 0.1) is 0 Å². The molecule has 3 rings (SSSR count). The molecule has 1 heterocycles. The number of anilines is 2. The number of halogens is 1. The van der Waals surface area contributed by atoms with Crippen molar-refractivity contribution < 1.29 is 0 Å². The first kappa shape index (κ1) is 12.7. The molecule has 2 N–H and O–H groups in total. The molecule has 0 saturated carbocycles. The number of fused-ring (bicyclic) bond motifs is 1. The van der Waals surface area contributed by atoms with Gasteiger partial charge in [-0.15, -0.1) is 0 Å². The van der Waals surface area contributed by atoms with Crippen molar-refractivity contribution in [1.82, 2.24) is 0 Å². The second-order valence-corrected chi connectivity index (χ2v) is 5.88. The number of nitrogens with zero attached hydrogens (tertiary/aromatic N) is 1. The third-order valence-corrected chi connectivity index (χ3v) is 4.31. The van der Waals surface area contributed by atoms with Gasteiger partial charge in [0.05, 0.1) is 5.69 Å². The van der Waals surface area contributed by atoms with Gasteiger partial charge in [-0.05, 0) is 58.6 Å². The highest BCUT2D eigenvalue weighted by atomic mass is 79.9. The van der Waals surface area contributed by atoms with Gasteiger partial charge in [0, 0.05) is 22.7 Å². The van der Waals surface area contributed by atoms with Crippen LogP contribution in [0.3, 0.4) is 0 Å². The number of nitrogens with two attached hydrogens (primary N) is 1. The quantitative estimate of drug-likeness (QED) is 0.901. The molecular formula is C16H17BrN2. The first-order chi connectivity index (χ1) is 9.16. The Kier molecular flexibility index (Phi) is 3.33. The number of hydrogen-bond donors (Lipinski definition) is 1. The van der Waals surface area contributed by atoms with Gasteiger partial charge in [-0.2, -0.15) is 0 Å². The Labute approximate surface area is 122 Å². The maximum atomic E-state index is 5.93. The zero-order valence-corrected chi connectivity index (χ0v) is 12.5. The standard InChI is InChI=1S/C16H17BrN2/c1-11(18)13-6-7-16(14(17)10-13)19-9-8-12-4-2-3-5-15(12)19/h2-7,10-11H,8-9,18H2,1H3/t11-/m0/s1. The molecule has 98 valence electrons. The van der Waals surface area contributed by atoms with Crippen LogP contribution in [0.5, 0.6) is 0 Å². The lowest BCUT2D eigenvalue weighted by Crippen LogP contribution is -2.14. The van der Waals surface area contributed by atoms with Gasteiger partial charge < -0.3 is 10.6 Å². The van der Waals surface area contributed by atoms with Gasteiger partial charge >= 0.3 is 0 Å². The Morgan fingerprint density at radius 2 is 1.95 bits per heavy atom. The molecule has 1 aliphatic rings. The molecule has 19 heavy (non-hydrogen) atoms. The third-order valence-electron chi connectivity index (χ3n) is 3.68. The van der Waals surface area contributed by atoms with Crippen LogP contribution in [0.15, 0.2) is 46.9 Å². The van der Waals surface area contributed by atoms with Gasteiger partial charge in [0.15, 0.2) is 0 Å². The molecule has 1 aliphatic heterocycles. The molecule has 0 radical (unpaired) electrons. The van der Waals surface area contributed by atoms with Gasteiger partial charge in [-0.25, -0.2) is 0 Å². The van der Waals surface area contributed by atoms with E-state index in [0.717, 1.165) is 23.0 Å². The summed E-state index contributed by atoms with van der Waals surface area (Å²) in [5, 5.41) is 0. The molecule has 1 atom stereocenters. The zero-order chi connectivity index (χ0) is 13.4. The highest BCUT2D eigenvalue weighted by molar-refractivity contribution is 9.10. The Hall–Kier alpha value is -1.32. The van der Waals surface area contributed by atoms with E-state index in [0.29, 0.717) is 0 Å². The smallest absolute Gasteiger partial charge is 0.0555 e. The van der Waals surface area contributed by atoms with Crippen LogP contribution in [0.4, 0.5) is 11.4 Å². The van der Waals surface area contributed by atoms with Crippen LogP contribution in [0.1, 0.15) is 24.1 Å². The van der Waals surface area contributed by atoms with Gasteiger partial charge in [-0.3, -0.25) is 0 Å². The molecule has 0 aromatic heterocycles. The average Bonchev–Trinajstić information content (AvgIpc) is 2.82. The van der Waals surface area contributed by atoms with E-state index >= 15 is 0 Å². The lowest BCUT2D eigenvalue weighted by atomic mass is 10.1. The van der Waals surface area contributed by atoms with E-state index in [-0.39, 0.29) is 6.04 Å². The molecule has 0 bridgehead atoms. The summed E-state index contributed by atoms with van der Waals surface area (Å²) in [6.07, 6.45) is 1.11. The van der Waals surface area contributed by atoms with Crippen molar-refractivity contribution in [1.29, 1.82) is 0 Å². The second kappa shape index (κ2) is 4.99. The largest absolute Gasteiger partial charge is 0.340 e. The van der Waals surface area contributed by atoms with E-state index < -0.39 is 0 Å². The van der Waals surface area contributed by atoms with Crippen LogP contribution < -0.4 is 10.6 Å². The molecule has 0 saturated heterocycles. The topological polar surface area (TPSA) is 29.3 Å². The minimum absolute atomic E-state index is 0.0659. The zero-order valence-electron chi connectivity index (χ0n) is 10.9. The van der Waals surface area contributed by atoms with Crippen molar-refractivity contribution in [2.75, 3.05) is 11.4 Å². The average molecular weight is 317 g/mol. The summed E-state index contributed by atoms with van der Waals surface area (Å²) in [5.41, 5.74) is 11.0. The number of rotatable bonds is 2. The second-order valence-electron chi connectivity index (χ2n) is 5.03. The van der Waals surface area contributed by atoms with Crippen molar-refractivity contribution in [3.05, 3.63) is 58.1 Å². The number of hydrogen-bond acceptors (Lipinski definition) is 2. The molecular weight excluding hydrogens is 300 g/mol. The first-order valence-corrected chi connectivity index (χ1v) is 7.36. The molecule has 0 aliphatic carbocycles. The minimum atomic E-state index is 0.0659. The molecule has 2 aromatic rings. The van der Waals surface area contributed by atoms with E-state index in [1.165, 1.54) is 16.9 Å². The molecule has 2 nitrogen and oxygen atoms in total. The van der Waals surface area contributed by atoms with Crippen molar-refractivity contribution in [2.24, 2.45) is 5.73 Å². The molecule has 0 fully saturated rings. The van der Waals surface area contributed by atoms with Crippen LogP contribution in [-0.2, 0) is 6.42 Å². The maximum Gasteiger partial charge on any atom is 0.0555 e. The van der Waals surface area contributed by atoms with Crippen LogP contribution in [0.25, 0.3) is 0 Å². The Balaban J connectivity index is 2.00. The summed E-state index contributed by atoms with van der Waals surface area (Å²) < 4.78 is 1.11. The SMILES string of the molecule is C[C@H](N)c1ccc(N2CCc3ccccc32)c(Br)c1. The molecule has 2 aromatic carbocycles. The summed E-state index contributed by atoms with van der Waals surface area (Å²) in [6, 6.07) is 15.1. The van der Waals surface area contributed by atoms with E-state index in [9.17, 15) is 0 Å². The first-order valence-electron chi connectivity index (χ1n) is 6.57. The van der Waals surface area contributed by atoms with Gasteiger partial charge in [0.25, 0.3) is 0 Å². The highest BCUT2D eigenvalue weighted by Gasteiger charge is 2.21. The van der Waals surface area contributed by atoms with Crippen LogP contribution in [0.2, 0.25) is 0 Å². The van der Waals surface area contributed by atoms with Crippen LogP contribution >= 0.6 is 15.9 Å². The van der Waals surface area contributed by atoms with E-state index in [1.807, 2.05) is 6.92 Å². The summed E-state index contributed by atoms with van der Waals surface area (Å²) in [4.78, 5) is 2.37. The van der Waals surface area contributed by atoms with Gasteiger partial charge in [-0.1, -0.05) is 24.3 Å². The van der Waals surface area contributed by atoms with E-state index in [4.69, 9.17) is 5.73 Å². The lowest BCUT2D eigenvalue weighted by Gasteiger charge is -2.22. The van der Waals surface area contributed by atoms with Crippen LogP contribution in [-0.4, -0.2) is 6.54 Å². The molecule has 0 unspecified atom stereocenters. The Bertz CT molecular complexity index is 607.